The molecule has 0 heterocycles. The summed E-state index contributed by atoms with van der Waals surface area (Å²) in [6.45, 7) is 11.7. The molecule has 0 bridgehead atoms. The molecule has 0 fully saturated rings. The predicted molar refractivity (Wildman–Crippen MR) is 86.8 cm³/mol. The lowest BCUT2D eigenvalue weighted by atomic mass is 9.99. The topological polar surface area (TPSA) is 67.8 Å². The second kappa shape index (κ2) is 7.47. The number of ether oxygens (including phenoxy) is 2. The smallest absolute Gasteiger partial charge is 0.408 e. The third-order valence-electron chi connectivity index (χ3n) is 3.08. The van der Waals surface area contributed by atoms with Crippen molar-refractivity contribution in [2.24, 2.45) is 0 Å². The average Bonchev–Trinajstić information content (AvgIpc) is 2.26. The number of amides is 1. The second-order valence-corrected chi connectivity index (χ2v) is 7.94. The van der Waals surface area contributed by atoms with E-state index in [9.17, 15) is 9.90 Å². The highest BCUT2D eigenvalue weighted by Gasteiger charge is 2.26. The molecule has 0 radical (unpaired) electrons. The van der Waals surface area contributed by atoms with Crippen molar-refractivity contribution in [2.75, 3.05) is 0 Å². The van der Waals surface area contributed by atoms with E-state index in [1.165, 1.54) is 0 Å². The summed E-state index contributed by atoms with van der Waals surface area (Å²) in [5, 5.41) is 12.6. The van der Waals surface area contributed by atoms with Crippen LogP contribution in [0, 0.1) is 0 Å². The van der Waals surface area contributed by atoms with Crippen LogP contribution in [0.5, 0.6) is 0 Å². The van der Waals surface area contributed by atoms with Gasteiger partial charge in [0.15, 0.2) is 0 Å². The summed E-state index contributed by atoms with van der Waals surface area (Å²) in [4.78, 5) is 11.9. The Balaban J connectivity index is 2.70. The summed E-state index contributed by atoms with van der Waals surface area (Å²) in [7, 11) is 0. The van der Waals surface area contributed by atoms with Crippen LogP contribution in [0.2, 0.25) is 0 Å². The molecule has 0 aromatic carbocycles. The van der Waals surface area contributed by atoms with Gasteiger partial charge in [0.25, 0.3) is 0 Å². The lowest BCUT2D eigenvalue weighted by molar-refractivity contribution is -0.0805. The molecule has 0 aromatic heterocycles. The molecular weight excluding hydrogens is 282 g/mol. The molecule has 5 heteroatoms. The first-order chi connectivity index (χ1) is 9.94. The van der Waals surface area contributed by atoms with E-state index in [2.05, 4.69) is 5.32 Å². The van der Waals surface area contributed by atoms with Crippen molar-refractivity contribution in [2.45, 2.75) is 90.3 Å². The molecule has 1 rings (SSSR count). The molecule has 22 heavy (non-hydrogen) atoms. The van der Waals surface area contributed by atoms with Gasteiger partial charge in [0.05, 0.1) is 17.8 Å². The normalized spacial score (nSPS) is 28.4. The van der Waals surface area contributed by atoms with Gasteiger partial charge in [-0.05, 0) is 60.5 Å². The van der Waals surface area contributed by atoms with E-state index in [-0.39, 0.29) is 17.2 Å². The van der Waals surface area contributed by atoms with Crippen LogP contribution < -0.4 is 5.32 Å². The fourth-order valence-corrected chi connectivity index (χ4v) is 2.33. The highest BCUT2D eigenvalue weighted by atomic mass is 16.6. The first kappa shape index (κ1) is 19.0. The van der Waals surface area contributed by atoms with Gasteiger partial charge >= 0.3 is 6.09 Å². The SMILES string of the molecule is CC(C)(C)NC(=O)OC1/C=C/C(O)CCC(OC(C)(C)C)C1. The third kappa shape index (κ3) is 8.39. The van der Waals surface area contributed by atoms with Gasteiger partial charge in [0, 0.05) is 12.0 Å². The molecule has 0 aromatic rings. The fourth-order valence-electron chi connectivity index (χ4n) is 2.33. The molecule has 1 aliphatic carbocycles. The minimum absolute atomic E-state index is 0.0490. The summed E-state index contributed by atoms with van der Waals surface area (Å²) in [6.07, 6.45) is 4.01. The monoisotopic (exact) mass is 313 g/mol. The number of nitrogens with one attached hydrogen (secondary N) is 1. The number of rotatable bonds is 2. The van der Waals surface area contributed by atoms with Crippen molar-refractivity contribution < 1.29 is 19.4 Å². The van der Waals surface area contributed by atoms with E-state index in [1.54, 1.807) is 12.2 Å². The lowest BCUT2D eigenvalue weighted by Crippen LogP contribution is -2.43. The Morgan fingerprint density at radius 1 is 1.14 bits per heavy atom. The van der Waals surface area contributed by atoms with Gasteiger partial charge < -0.3 is 19.9 Å². The maximum atomic E-state index is 11.9. The van der Waals surface area contributed by atoms with Crippen molar-refractivity contribution >= 4 is 6.09 Å². The molecule has 2 N–H and O–H groups in total. The number of hydrogen-bond acceptors (Lipinski definition) is 4. The second-order valence-electron chi connectivity index (χ2n) is 7.94. The van der Waals surface area contributed by atoms with E-state index >= 15 is 0 Å². The van der Waals surface area contributed by atoms with Crippen molar-refractivity contribution in [3.05, 3.63) is 12.2 Å². The average molecular weight is 313 g/mol. The minimum Gasteiger partial charge on any atom is -0.442 e. The predicted octanol–water partition coefficient (Wildman–Crippen LogP) is 3.16. The van der Waals surface area contributed by atoms with Crippen LogP contribution in [0.1, 0.15) is 60.8 Å². The van der Waals surface area contributed by atoms with Crippen molar-refractivity contribution in [1.82, 2.24) is 5.32 Å². The highest BCUT2D eigenvalue weighted by Crippen LogP contribution is 2.23. The van der Waals surface area contributed by atoms with Gasteiger partial charge in [0.1, 0.15) is 6.10 Å². The third-order valence-corrected chi connectivity index (χ3v) is 3.08. The molecule has 1 amide bonds. The van der Waals surface area contributed by atoms with Crippen LogP contribution in [-0.4, -0.2) is 40.7 Å². The highest BCUT2D eigenvalue weighted by molar-refractivity contribution is 5.68. The van der Waals surface area contributed by atoms with E-state index in [0.717, 1.165) is 6.42 Å². The van der Waals surface area contributed by atoms with Gasteiger partial charge in [-0.3, -0.25) is 0 Å². The molecule has 0 saturated heterocycles. The molecule has 3 unspecified atom stereocenters. The molecule has 0 saturated carbocycles. The molecule has 0 spiro atoms. The van der Waals surface area contributed by atoms with E-state index in [1.807, 2.05) is 41.5 Å². The number of carbonyl (C=O) groups is 1. The molecule has 128 valence electrons. The molecular formula is C17H31NO4. The van der Waals surface area contributed by atoms with Crippen LogP contribution in [0.3, 0.4) is 0 Å². The molecule has 5 nitrogen and oxygen atoms in total. The number of aliphatic hydroxyl groups is 1. The van der Waals surface area contributed by atoms with Gasteiger partial charge in [-0.25, -0.2) is 4.79 Å². The van der Waals surface area contributed by atoms with Crippen molar-refractivity contribution in [3.63, 3.8) is 0 Å². The largest absolute Gasteiger partial charge is 0.442 e. The summed E-state index contributed by atoms with van der Waals surface area (Å²) < 4.78 is 11.5. The Kier molecular flexibility index (Phi) is 6.44. The Bertz CT molecular complexity index is 392. The summed E-state index contributed by atoms with van der Waals surface area (Å²) in [6, 6.07) is 0. The standard InChI is InChI=1S/C17H31NO4/c1-16(2,3)18-15(20)21-13-9-7-12(19)8-10-14(11-13)22-17(4,5)6/h7,9,12-14,19H,8,10-11H2,1-6H3,(H,18,20)/b9-7+. The Morgan fingerprint density at radius 2 is 1.77 bits per heavy atom. The maximum Gasteiger partial charge on any atom is 0.408 e. The lowest BCUT2D eigenvalue weighted by Gasteiger charge is -2.31. The Hall–Kier alpha value is -1.07. The van der Waals surface area contributed by atoms with E-state index in [0.29, 0.717) is 12.8 Å². The van der Waals surface area contributed by atoms with Gasteiger partial charge in [-0.2, -0.15) is 0 Å². The fraction of sp³-hybridized carbons (Fsp3) is 0.824. The van der Waals surface area contributed by atoms with Gasteiger partial charge in [-0.15, -0.1) is 0 Å². The van der Waals surface area contributed by atoms with E-state index in [4.69, 9.17) is 9.47 Å². The zero-order chi connectivity index (χ0) is 17.0. The van der Waals surface area contributed by atoms with Crippen LogP contribution in [-0.2, 0) is 9.47 Å². The van der Waals surface area contributed by atoms with Gasteiger partial charge in [0.2, 0.25) is 0 Å². The molecule has 3 atom stereocenters. The number of aliphatic hydroxyl groups excluding tert-OH is 1. The summed E-state index contributed by atoms with van der Waals surface area (Å²) in [5.74, 6) is 0. The van der Waals surface area contributed by atoms with Crippen LogP contribution in [0.4, 0.5) is 4.79 Å². The molecule has 1 aliphatic rings. The van der Waals surface area contributed by atoms with Crippen LogP contribution in [0.15, 0.2) is 12.2 Å². The summed E-state index contributed by atoms with van der Waals surface area (Å²) in [5.41, 5.74) is -0.611. The zero-order valence-corrected chi connectivity index (χ0v) is 14.7. The van der Waals surface area contributed by atoms with E-state index < -0.39 is 18.3 Å². The Labute approximate surface area is 134 Å². The van der Waals surface area contributed by atoms with Crippen molar-refractivity contribution in [1.29, 1.82) is 0 Å². The van der Waals surface area contributed by atoms with Crippen LogP contribution >= 0.6 is 0 Å². The minimum atomic E-state index is -0.525. The first-order valence-electron chi connectivity index (χ1n) is 7.97. The Morgan fingerprint density at radius 3 is 2.32 bits per heavy atom. The number of carbonyl (C=O) groups excluding carboxylic acids is 1. The van der Waals surface area contributed by atoms with Crippen molar-refractivity contribution in [3.8, 4) is 0 Å². The number of hydrogen-bond donors (Lipinski definition) is 2. The first-order valence-corrected chi connectivity index (χ1v) is 7.97. The van der Waals surface area contributed by atoms with Crippen LogP contribution in [0.25, 0.3) is 0 Å². The van der Waals surface area contributed by atoms with Gasteiger partial charge in [-0.1, -0.05) is 6.08 Å². The zero-order valence-electron chi connectivity index (χ0n) is 14.7. The number of alkyl carbamates (subject to hydrolysis) is 1. The maximum absolute atomic E-state index is 11.9. The molecule has 0 aliphatic heterocycles. The quantitative estimate of drug-likeness (QED) is 0.768. The summed E-state index contributed by atoms with van der Waals surface area (Å²) >= 11 is 0.